The Morgan fingerprint density at radius 2 is 1.77 bits per heavy atom. The minimum absolute atomic E-state index is 0.0361. The standard InChI is InChI=1S/C31H34ClFN2O4/c1-4-38-27(37)19-25-29(35-16-14-31(2,3)15-17-35)28(26(20-36)34-30(25)32)22-7-11-24(12-8-22)39-18-13-21-5-9-23(33)10-6-21/h5-12,20H,4,13-19H2,1-3H3. The van der Waals surface area contributed by atoms with Gasteiger partial charge in [-0.05, 0) is 60.6 Å². The molecule has 39 heavy (non-hydrogen) atoms. The van der Waals surface area contributed by atoms with Gasteiger partial charge in [-0.2, -0.15) is 0 Å². The van der Waals surface area contributed by atoms with E-state index in [-0.39, 0.29) is 35.1 Å². The molecule has 1 fully saturated rings. The van der Waals surface area contributed by atoms with Gasteiger partial charge in [0, 0.05) is 30.6 Å². The fourth-order valence-corrected chi connectivity index (χ4v) is 5.07. The van der Waals surface area contributed by atoms with Crippen LogP contribution in [-0.2, 0) is 22.4 Å². The molecule has 8 heteroatoms. The lowest BCUT2D eigenvalue weighted by molar-refractivity contribution is -0.142. The van der Waals surface area contributed by atoms with E-state index < -0.39 is 5.97 Å². The Hall–Kier alpha value is -3.45. The van der Waals surface area contributed by atoms with Crippen molar-refractivity contribution in [3.8, 4) is 16.9 Å². The predicted octanol–water partition coefficient (Wildman–Crippen LogP) is 6.71. The van der Waals surface area contributed by atoms with Crippen LogP contribution in [0, 0.1) is 11.2 Å². The number of benzene rings is 2. The summed E-state index contributed by atoms with van der Waals surface area (Å²) in [5.41, 5.74) is 4.15. The van der Waals surface area contributed by atoms with E-state index in [1.807, 2.05) is 24.3 Å². The molecular weight excluding hydrogens is 519 g/mol. The molecular formula is C31H34ClFN2O4. The first-order valence-electron chi connectivity index (χ1n) is 13.3. The lowest BCUT2D eigenvalue weighted by Gasteiger charge is -2.40. The number of aldehydes is 1. The van der Waals surface area contributed by atoms with Crippen molar-refractivity contribution in [2.75, 3.05) is 31.2 Å². The average Bonchev–Trinajstić information content (AvgIpc) is 2.91. The zero-order chi connectivity index (χ0) is 28.0. The lowest BCUT2D eigenvalue weighted by Crippen LogP contribution is -2.38. The summed E-state index contributed by atoms with van der Waals surface area (Å²) >= 11 is 6.59. The summed E-state index contributed by atoms with van der Waals surface area (Å²) in [6.45, 7) is 8.48. The summed E-state index contributed by atoms with van der Waals surface area (Å²) < 4.78 is 24.3. The molecule has 6 nitrogen and oxygen atoms in total. The van der Waals surface area contributed by atoms with E-state index in [4.69, 9.17) is 21.1 Å². The number of carbonyl (C=O) groups excluding carboxylic acids is 2. The monoisotopic (exact) mass is 552 g/mol. The van der Waals surface area contributed by atoms with Crippen molar-refractivity contribution in [1.82, 2.24) is 4.98 Å². The fourth-order valence-electron chi connectivity index (χ4n) is 4.82. The van der Waals surface area contributed by atoms with Gasteiger partial charge in [0.1, 0.15) is 22.4 Å². The minimum Gasteiger partial charge on any atom is -0.493 e. The zero-order valence-electron chi connectivity index (χ0n) is 22.6. The summed E-state index contributed by atoms with van der Waals surface area (Å²) in [5.74, 6) is 0.0117. The highest BCUT2D eigenvalue weighted by Gasteiger charge is 2.31. The summed E-state index contributed by atoms with van der Waals surface area (Å²) in [6.07, 6.45) is 3.24. The normalized spacial score (nSPS) is 14.6. The van der Waals surface area contributed by atoms with Crippen molar-refractivity contribution in [1.29, 1.82) is 0 Å². The van der Waals surface area contributed by atoms with Crippen LogP contribution in [0.5, 0.6) is 5.75 Å². The third-order valence-electron chi connectivity index (χ3n) is 7.13. The first-order valence-corrected chi connectivity index (χ1v) is 13.6. The van der Waals surface area contributed by atoms with Crippen LogP contribution in [0.3, 0.4) is 0 Å². The van der Waals surface area contributed by atoms with Crippen molar-refractivity contribution in [3.05, 3.63) is 76.3 Å². The van der Waals surface area contributed by atoms with Gasteiger partial charge in [0.25, 0.3) is 0 Å². The second-order valence-corrected chi connectivity index (χ2v) is 10.8. The second kappa shape index (κ2) is 12.6. The molecule has 0 spiro atoms. The smallest absolute Gasteiger partial charge is 0.310 e. The Morgan fingerprint density at radius 3 is 2.38 bits per heavy atom. The largest absolute Gasteiger partial charge is 0.493 e. The summed E-state index contributed by atoms with van der Waals surface area (Å²) in [4.78, 5) is 31.3. The van der Waals surface area contributed by atoms with E-state index in [0.717, 1.165) is 42.7 Å². The van der Waals surface area contributed by atoms with Crippen LogP contribution in [0.4, 0.5) is 10.1 Å². The van der Waals surface area contributed by atoms with Gasteiger partial charge in [-0.1, -0.05) is 49.7 Å². The molecule has 0 bridgehead atoms. The molecule has 0 saturated carbocycles. The molecule has 1 aliphatic heterocycles. The Bertz CT molecular complexity index is 1300. The number of pyridine rings is 1. The Labute approximate surface area is 234 Å². The van der Waals surface area contributed by atoms with E-state index in [0.29, 0.717) is 36.2 Å². The SMILES string of the molecule is CCOC(=O)Cc1c(Cl)nc(C=O)c(-c2ccc(OCCc3ccc(F)cc3)cc2)c1N1CCC(C)(C)CC1. The average molecular weight is 553 g/mol. The number of carbonyl (C=O) groups is 2. The van der Waals surface area contributed by atoms with Gasteiger partial charge in [-0.15, -0.1) is 0 Å². The highest BCUT2D eigenvalue weighted by Crippen LogP contribution is 2.42. The fraction of sp³-hybridized carbons (Fsp3) is 0.387. The van der Waals surface area contributed by atoms with Crippen molar-refractivity contribution < 1.29 is 23.5 Å². The third kappa shape index (κ3) is 7.15. The second-order valence-electron chi connectivity index (χ2n) is 10.5. The lowest BCUT2D eigenvalue weighted by atomic mass is 9.82. The van der Waals surface area contributed by atoms with Crippen LogP contribution in [0.15, 0.2) is 48.5 Å². The number of halogens is 2. The van der Waals surface area contributed by atoms with Gasteiger partial charge >= 0.3 is 5.97 Å². The summed E-state index contributed by atoms with van der Waals surface area (Å²) in [7, 11) is 0. The van der Waals surface area contributed by atoms with Crippen LogP contribution in [0.1, 0.15) is 55.2 Å². The molecule has 2 aromatic carbocycles. The quantitative estimate of drug-likeness (QED) is 0.158. The molecule has 0 radical (unpaired) electrons. The number of aromatic nitrogens is 1. The number of hydrogen-bond acceptors (Lipinski definition) is 6. The Balaban J connectivity index is 1.66. The Kier molecular flexibility index (Phi) is 9.23. The van der Waals surface area contributed by atoms with Gasteiger partial charge in [0.2, 0.25) is 0 Å². The molecule has 1 aromatic heterocycles. The number of anilines is 1. The van der Waals surface area contributed by atoms with Crippen molar-refractivity contribution in [2.24, 2.45) is 5.41 Å². The van der Waals surface area contributed by atoms with Gasteiger partial charge in [-0.3, -0.25) is 9.59 Å². The maximum Gasteiger partial charge on any atom is 0.310 e. The van der Waals surface area contributed by atoms with Crippen LogP contribution >= 0.6 is 11.6 Å². The molecule has 0 unspecified atom stereocenters. The van der Waals surface area contributed by atoms with E-state index in [1.165, 1.54) is 12.1 Å². The molecule has 0 N–H and O–H groups in total. The summed E-state index contributed by atoms with van der Waals surface area (Å²) in [5, 5.41) is 0.134. The Morgan fingerprint density at radius 1 is 1.10 bits per heavy atom. The minimum atomic E-state index is -0.394. The van der Waals surface area contributed by atoms with Gasteiger partial charge in [0.15, 0.2) is 6.29 Å². The van der Waals surface area contributed by atoms with E-state index >= 15 is 0 Å². The van der Waals surface area contributed by atoms with Gasteiger partial charge in [-0.25, -0.2) is 9.37 Å². The molecule has 0 atom stereocenters. The van der Waals surface area contributed by atoms with Gasteiger partial charge < -0.3 is 14.4 Å². The summed E-state index contributed by atoms with van der Waals surface area (Å²) in [6, 6.07) is 13.8. The van der Waals surface area contributed by atoms with Crippen molar-refractivity contribution in [2.45, 2.75) is 46.5 Å². The first kappa shape index (κ1) is 28.6. The van der Waals surface area contributed by atoms with E-state index in [9.17, 15) is 14.0 Å². The molecule has 3 aromatic rings. The van der Waals surface area contributed by atoms with E-state index in [2.05, 4.69) is 23.7 Å². The molecule has 2 heterocycles. The number of rotatable bonds is 10. The third-order valence-corrected chi connectivity index (χ3v) is 7.45. The molecule has 206 valence electrons. The van der Waals surface area contributed by atoms with E-state index in [1.54, 1.807) is 19.1 Å². The maximum atomic E-state index is 13.1. The number of piperidine rings is 1. The highest BCUT2D eigenvalue weighted by molar-refractivity contribution is 6.31. The van der Waals surface area contributed by atoms with Crippen LogP contribution in [0.25, 0.3) is 11.1 Å². The van der Waals surface area contributed by atoms with Crippen LogP contribution in [0.2, 0.25) is 5.15 Å². The first-order chi connectivity index (χ1) is 18.7. The number of ether oxygens (including phenoxy) is 2. The molecule has 0 amide bonds. The van der Waals surface area contributed by atoms with Crippen LogP contribution < -0.4 is 9.64 Å². The topological polar surface area (TPSA) is 68.7 Å². The maximum absolute atomic E-state index is 13.1. The number of nitrogens with zero attached hydrogens (tertiary/aromatic N) is 2. The van der Waals surface area contributed by atoms with Gasteiger partial charge in [0.05, 0.1) is 25.3 Å². The zero-order valence-corrected chi connectivity index (χ0v) is 23.4. The molecule has 1 saturated heterocycles. The van der Waals surface area contributed by atoms with Crippen molar-refractivity contribution in [3.63, 3.8) is 0 Å². The number of hydrogen-bond donors (Lipinski definition) is 0. The molecule has 0 aliphatic carbocycles. The molecule has 1 aliphatic rings. The molecule has 4 rings (SSSR count). The number of esters is 1. The van der Waals surface area contributed by atoms with Crippen molar-refractivity contribution >= 4 is 29.5 Å². The predicted molar refractivity (Wildman–Crippen MR) is 151 cm³/mol. The highest BCUT2D eigenvalue weighted by atomic mass is 35.5. The van der Waals surface area contributed by atoms with Crippen LogP contribution in [-0.4, -0.2) is 43.5 Å².